The SMILES string of the molecule is CC(C)(C#N)c1cc(Cn2ccnc2)cc(C(N)=O)c1. The molecule has 0 bridgehead atoms. The van der Waals surface area contributed by atoms with Crippen LogP contribution in [0.25, 0.3) is 0 Å². The second kappa shape index (κ2) is 5.17. The number of imidazole rings is 1. The number of carbonyl (C=O) groups excluding carboxylic acids is 1. The molecule has 1 heterocycles. The van der Waals surface area contributed by atoms with Crippen LogP contribution in [-0.2, 0) is 12.0 Å². The summed E-state index contributed by atoms with van der Waals surface area (Å²) in [7, 11) is 0. The predicted octanol–water partition coefficient (Wildman–Crippen LogP) is 1.83. The Morgan fingerprint density at radius 3 is 2.75 bits per heavy atom. The van der Waals surface area contributed by atoms with Crippen molar-refractivity contribution in [3.05, 3.63) is 53.6 Å². The van der Waals surface area contributed by atoms with E-state index in [1.165, 1.54) is 0 Å². The number of amides is 1. The zero-order chi connectivity index (χ0) is 14.8. The average Bonchev–Trinajstić information content (AvgIpc) is 2.91. The molecule has 0 fully saturated rings. The lowest BCUT2D eigenvalue weighted by molar-refractivity contribution is 0.1000. The van der Waals surface area contributed by atoms with Gasteiger partial charge in [-0.25, -0.2) is 4.98 Å². The van der Waals surface area contributed by atoms with E-state index in [-0.39, 0.29) is 0 Å². The van der Waals surface area contributed by atoms with Crippen molar-refractivity contribution < 1.29 is 4.79 Å². The third kappa shape index (κ3) is 2.86. The van der Waals surface area contributed by atoms with Gasteiger partial charge in [-0.1, -0.05) is 6.07 Å². The Morgan fingerprint density at radius 1 is 1.45 bits per heavy atom. The highest BCUT2D eigenvalue weighted by Gasteiger charge is 2.21. The molecular formula is C15H16N4O. The van der Waals surface area contributed by atoms with Crippen LogP contribution in [0.15, 0.2) is 36.9 Å². The van der Waals surface area contributed by atoms with Crippen molar-refractivity contribution in [3.8, 4) is 6.07 Å². The first-order valence-electron chi connectivity index (χ1n) is 6.23. The fourth-order valence-corrected chi connectivity index (χ4v) is 1.94. The van der Waals surface area contributed by atoms with E-state index in [0.717, 1.165) is 11.1 Å². The van der Waals surface area contributed by atoms with Gasteiger partial charge >= 0.3 is 0 Å². The lowest BCUT2D eigenvalue weighted by atomic mass is 9.84. The molecule has 1 amide bonds. The van der Waals surface area contributed by atoms with E-state index in [1.807, 2.05) is 30.7 Å². The average molecular weight is 268 g/mol. The Bertz CT molecular complexity index is 666. The number of hydrogen-bond acceptors (Lipinski definition) is 3. The van der Waals surface area contributed by atoms with E-state index in [4.69, 9.17) is 5.73 Å². The molecule has 2 rings (SSSR count). The van der Waals surface area contributed by atoms with Gasteiger partial charge in [0.1, 0.15) is 0 Å². The lowest BCUT2D eigenvalue weighted by Gasteiger charge is -2.18. The van der Waals surface area contributed by atoms with Gasteiger partial charge in [0.2, 0.25) is 5.91 Å². The molecule has 0 radical (unpaired) electrons. The maximum absolute atomic E-state index is 11.4. The topological polar surface area (TPSA) is 84.7 Å². The van der Waals surface area contributed by atoms with E-state index < -0.39 is 11.3 Å². The maximum Gasteiger partial charge on any atom is 0.248 e. The summed E-state index contributed by atoms with van der Waals surface area (Å²) in [6.07, 6.45) is 5.23. The summed E-state index contributed by atoms with van der Waals surface area (Å²) >= 11 is 0. The number of nitrogens with zero attached hydrogens (tertiary/aromatic N) is 3. The van der Waals surface area contributed by atoms with Crippen LogP contribution in [0.4, 0.5) is 0 Å². The summed E-state index contributed by atoms with van der Waals surface area (Å²) < 4.78 is 1.89. The largest absolute Gasteiger partial charge is 0.366 e. The molecule has 1 aromatic carbocycles. The number of primary amides is 1. The van der Waals surface area contributed by atoms with Crippen molar-refractivity contribution in [1.29, 1.82) is 5.26 Å². The van der Waals surface area contributed by atoms with Crippen LogP contribution in [-0.4, -0.2) is 15.5 Å². The Morgan fingerprint density at radius 2 is 2.20 bits per heavy atom. The fourth-order valence-electron chi connectivity index (χ4n) is 1.94. The molecule has 2 N–H and O–H groups in total. The highest BCUT2D eigenvalue weighted by molar-refractivity contribution is 5.93. The lowest BCUT2D eigenvalue weighted by Crippen LogP contribution is -2.18. The van der Waals surface area contributed by atoms with E-state index in [2.05, 4.69) is 11.1 Å². The molecule has 0 saturated heterocycles. The molecule has 102 valence electrons. The van der Waals surface area contributed by atoms with Gasteiger partial charge in [-0.3, -0.25) is 4.79 Å². The number of nitriles is 1. The standard InChI is InChI=1S/C15H16N4O/c1-15(2,9-16)13-6-11(5-12(7-13)14(17)20)8-19-4-3-18-10-19/h3-7,10H,8H2,1-2H3,(H2,17,20). The van der Waals surface area contributed by atoms with E-state index >= 15 is 0 Å². The summed E-state index contributed by atoms with van der Waals surface area (Å²) in [6.45, 7) is 4.21. The molecule has 0 aliphatic heterocycles. The Balaban J connectivity index is 2.47. The summed E-state index contributed by atoms with van der Waals surface area (Å²) in [5, 5.41) is 9.24. The highest BCUT2D eigenvalue weighted by Crippen LogP contribution is 2.25. The highest BCUT2D eigenvalue weighted by atomic mass is 16.1. The molecule has 0 spiro atoms. The number of aromatic nitrogens is 2. The second-order valence-corrected chi connectivity index (χ2v) is 5.25. The van der Waals surface area contributed by atoms with Gasteiger partial charge in [0.05, 0.1) is 17.8 Å². The Hall–Kier alpha value is -2.61. The maximum atomic E-state index is 11.4. The molecule has 5 heteroatoms. The van der Waals surface area contributed by atoms with Crippen molar-refractivity contribution in [1.82, 2.24) is 9.55 Å². The van der Waals surface area contributed by atoms with Crippen LogP contribution in [0.5, 0.6) is 0 Å². The predicted molar refractivity (Wildman–Crippen MR) is 74.9 cm³/mol. The third-order valence-corrected chi connectivity index (χ3v) is 3.20. The molecular weight excluding hydrogens is 252 g/mol. The summed E-state index contributed by atoms with van der Waals surface area (Å²) in [5.41, 5.74) is 6.81. The van der Waals surface area contributed by atoms with Gasteiger partial charge in [-0.2, -0.15) is 5.26 Å². The minimum absolute atomic E-state index is 0.418. The minimum atomic E-state index is -0.671. The number of nitrogens with two attached hydrogens (primary N) is 1. The van der Waals surface area contributed by atoms with Gasteiger partial charge in [0.25, 0.3) is 0 Å². The molecule has 0 saturated carbocycles. The first-order chi connectivity index (χ1) is 9.42. The number of carbonyl (C=O) groups is 1. The Kier molecular flexibility index (Phi) is 3.57. The van der Waals surface area contributed by atoms with E-state index in [1.54, 1.807) is 24.7 Å². The molecule has 0 unspecified atom stereocenters. The Labute approximate surface area is 117 Å². The molecule has 5 nitrogen and oxygen atoms in total. The summed E-state index contributed by atoms with van der Waals surface area (Å²) in [6, 6.07) is 7.60. The fraction of sp³-hybridized carbons (Fsp3) is 0.267. The van der Waals surface area contributed by atoms with Crippen LogP contribution in [0.3, 0.4) is 0 Å². The van der Waals surface area contributed by atoms with Crippen LogP contribution >= 0.6 is 0 Å². The number of benzene rings is 1. The zero-order valence-corrected chi connectivity index (χ0v) is 11.5. The molecule has 0 aliphatic carbocycles. The number of hydrogen-bond donors (Lipinski definition) is 1. The van der Waals surface area contributed by atoms with E-state index in [9.17, 15) is 10.1 Å². The normalized spacial score (nSPS) is 11.1. The van der Waals surface area contributed by atoms with Crippen LogP contribution in [0.1, 0.15) is 35.3 Å². The van der Waals surface area contributed by atoms with Crippen molar-refractivity contribution in [2.75, 3.05) is 0 Å². The van der Waals surface area contributed by atoms with Gasteiger partial charge < -0.3 is 10.3 Å². The van der Waals surface area contributed by atoms with Gasteiger partial charge in [0, 0.05) is 24.5 Å². The van der Waals surface area contributed by atoms with Crippen LogP contribution in [0, 0.1) is 11.3 Å². The minimum Gasteiger partial charge on any atom is -0.366 e. The molecule has 0 atom stereocenters. The molecule has 1 aromatic heterocycles. The molecule has 0 aliphatic rings. The van der Waals surface area contributed by atoms with Crippen molar-refractivity contribution in [2.24, 2.45) is 5.73 Å². The van der Waals surface area contributed by atoms with Crippen molar-refractivity contribution >= 4 is 5.91 Å². The second-order valence-electron chi connectivity index (χ2n) is 5.25. The third-order valence-electron chi connectivity index (χ3n) is 3.20. The first kappa shape index (κ1) is 13.8. The van der Waals surface area contributed by atoms with Gasteiger partial charge in [-0.05, 0) is 37.1 Å². The van der Waals surface area contributed by atoms with Gasteiger partial charge in [0.15, 0.2) is 0 Å². The first-order valence-corrected chi connectivity index (χ1v) is 6.23. The molecule has 20 heavy (non-hydrogen) atoms. The summed E-state index contributed by atoms with van der Waals surface area (Å²) in [5.74, 6) is -0.493. The van der Waals surface area contributed by atoms with Crippen molar-refractivity contribution in [3.63, 3.8) is 0 Å². The smallest absolute Gasteiger partial charge is 0.248 e. The van der Waals surface area contributed by atoms with Crippen LogP contribution < -0.4 is 5.73 Å². The monoisotopic (exact) mass is 268 g/mol. The zero-order valence-electron chi connectivity index (χ0n) is 11.5. The van der Waals surface area contributed by atoms with Crippen LogP contribution in [0.2, 0.25) is 0 Å². The number of rotatable bonds is 4. The van der Waals surface area contributed by atoms with Gasteiger partial charge in [-0.15, -0.1) is 0 Å². The quantitative estimate of drug-likeness (QED) is 0.918. The van der Waals surface area contributed by atoms with Crippen molar-refractivity contribution in [2.45, 2.75) is 25.8 Å². The molecule has 2 aromatic rings. The van der Waals surface area contributed by atoms with E-state index in [0.29, 0.717) is 12.1 Å². The summed E-state index contributed by atoms with van der Waals surface area (Å²) in [4.78, 5) is 15.4.